The average molecular weight is 375 g/mol. The van der Waals surface area contributed by atoms with Crippen LogP contribution in [0.3, 0.4) is 0 Å². The molecule has 0 aromatic heterocycles. The summed E-state index contributed by atoms with van der Waals surface area (Å²) in [5.74, 6) is -0.525. The van der Waals surface area contributed by atoms with E-state index in [0.717, 1.165) is 11.1 Å². The van der Waals surface area contributed by atoms with Gasteiger partial charge in [0.2, 0.25) is 5.91 Å². The second-order valence-corrected chi connectivity index (χ2v) is 7.43. The number of carboxylic acids is 1. The summed E-state index contributed by atoms with van der Waals surface area (Å²) in [6.07, 6.45) is 2.36. The van der Waals surface area contributed by atoms with Crippen molar-refractivity contribution in [2.75, 3.05) is 20.2 Å². The molecule has 0 aliphatic carbocycles. The molecule has 2 rings (SSSR count). The Kier molecular flexibility index (Phi) is 7.02. The van der Waals surface area contributed by atoms with E-state index >= 15 is 0 Å². The summed E-state index contributed by atoms with van der Waals surface area (Å²) in [6.45, 7) is 4.34. The van der Waals surface area contributed by atoms with Crippen LogP contribution in [0, 0.1) is 5.41 Å². The van der Waals surface area contributed by atoms with Crippen molar-refractivity contribution in [1.29, 1.82) is 0 Å². The normalized spacial score (nSPS) is 22.2. The average Bonchev–Trinajstić information content (AvgIpc) is 2.63. The summed E-state index contributed by atoms with van der Waals surface area (Å²) in [7, 11) is 1.55. The van der Waals surface area contributed by atoms with Gasteiger partial charge in [-0.25, -0.2) is 0 Å². The molecule has 0 radical (unpaired) electrons. The monoisotopic (exact) mass is 375 g/mol. The predicted octanol–water partition coefficient (Wildman–Crippen LogP) is 2.65. The van der Waals surface area contributed by atoms with E-state index in [4.69, 9.17) is 4.74 Å². The van der Waals surface area contributed by atoms with Gasteiger partial charge in [0.25, 0.3) is 0 Å². The van der Waals surface area contributed by atoms with Gasteiger partial charge in [-0.15, -0.1) is 0 Å². The third-order valence-electron chi connectivity index (χ3n) is 5.13. The van der Waals surface area contributed by atoms with E-state index in [1.165, 1.54) is 0 Å². The zero-order valence-electron chi connectivity index (χ0n) is 16.3. The lowest BCUT2D eigenvalue weighted by atomic mass is 9.72. The molecule has 6 nitrogen and oxygen atoms in total. The first-order valence-corrected chi connectivity index (χ1v) is 9.24. The smallest absolute Gasteiger partial charge is 0.314 e. The molecule has 1 amide bonds. The Morgan fingerprint density at radius 1 is 1.37 bits per heavy atom. The molecule has 0 saturated carbocycles. The minimum atomic E-state index is -1.42. The van der Waals surface area contributed by atoms with Gasteiger partial charge in [0.15, 0.2) is 0 Å². The lowest BCUT2D eigenvalue weighted by Gasteiger charge is -2.43. The van der Waals surface area contributed by atoms with Crippen LogP contribution < -0.4 is 4.74 Å². The molecule has 6 heteroatoms. The Bertz CT molecular complexity index is 710. The molecule has 1 saturated heterocycles. The van der Waals surface area contributed by atoms with Crippen molar-refractivity contribution in [3.63, 3.8) is 0 Å². The molecule has 148 valence electrons. The van der Waals surface area contributed by atoms with Gasteiger partial charge in [0.05, 0.1) is 13.2 Å². The number of rotatable bonds is 7. The van der Waals surface area contributed by atoms with Gasteiger partial charge in [-0.05, 0) is 50.8 Å². The molecule has 0 spiro atoms. The number of hydrogen-bond acceptors (Lipinski definition) is 4. The number of carboxylic acid groups (broad SMARTS) is 1. The molecule has 1 aromatic rings. The Morgan fingerprint density at radius 2 is 2.11 bits per heavy atom. The fourth-order valence-electron chi connectivity index (χ4n) is 3.54. The van der Waals surface area contributed by atoms with Crippen LogP contribution in [0.15, 0.2) is 35.9 Å². The number of aliphatic hydroxyl groups excluding tert-OH is 1. The molecule has 1 aliphatic rings. The lowest BCUT2D eigenvalue weighted by molar-refractivity contribution is -0.165. The zero-order chi connectivity index (χ0) is 20.0. The Balaban J connectivity index is 2.20. The maximum absolute atomic E-state index is 12.6. The maximum Gasteiger partial charge on any atom is 0.314 e. The molecule has 27 heavy (non-hydrogen) atoms. The number of nitrogens with zero attached hydrogens (tertiary/aromatic N) is 1. The van der Waals surface area contributed by atoms with Crippen LogP contribution in [-0.2, 0) is 16.0 Å². The Morgan fingerprint density at radius 3 is 2.74 bits per heavy atom. The summed E-state index contributed by atoms with van der Waals surface area (Å²) in [4.78, 5) is 26.3. The lowest BCUT2D eigenvalue weighted by Crippen LogP contribution is -2.58. The number of carbonyl (C=O) groups excluding carboxylic acids is 1. The van der Waals surface area contributed by atoms with E-state index < -0.39 is 17.5 Å². The second-order valence-electron chi connectivity index (χ2n) is 7.43. The number of benzene rings is 1. The Hall–Kier alpha value is -2.34. The number of allylic oxidation sites excluding steroid dienone is 2. The highest BCUT2D eigenvalue weighted by atomic mass is 16.5. The minimum Gasteiger partial charge on any atom is -0.497 e. The molecule has 2 N–H and O–H groups in total. The van der Waals surface area contributed by atoms with Crippen LogP contribution in [0.1, 0.15) is 38.7 Å². The van der Waals surface area contributed by atoms with Crippen molar-refractivity contribution >= 4 is 11.9 Å². The molecule has 0 unspecified atom stereocenters. The summed E-state index contributed by atoms with van der Waals surface area (Å²) < 4.78 is 5.21. The molecular weight excluding hydrogens is 346 g/mol. The highest BCUT2D eigenvalue weighted by Crippen LogP contribution is 2.35. The topological polar surface area (TPSA) is 87.1 Å². The van der Waals surface area contributed by atoms with E-state index in [1.54, 1.807) is 30.2 Å². The van der Waals surface area contributed by atoms with Crippen molar-refractivity contribution in [3.05, 3.63) is 41.5 Å². The van der Waals surface area contributed by atoms with Gasteiger partial charge in [-0.3, -0.25) is 9.59 Å². The van der Waals surface area contributed by atoms with E-state index in [1.807, 2.05) is 26.0 Å². The van der Waals surface area contributed by atoms with Crippen molar-refractivity contribution in [1.82, 2.24) is 4.90 Å². The molecular formula is C21H29NO5. The van der Waals surface area contributed by atoms with Gasteiger partial charge in [0.1, 0.15) is 11.2 Å². The van der Waals surface area contributed by atoms with Gasteiger partial charge in [-0.1, -0.05) is 23.8 Å². The SMILES string of the molecule is COc1cccc(C[C@@]2(C(=O)O)CN(C(=O)CCC=C(C)C)CC[C@H]2O)c1. The number of aliphatic carboxylic acids is 1. The summed E-state index contributed by atoms with van der Waals surface area (Å²) in [5.41, 5.74) is 0.487. The van der Waals surface area contributed by atoms with Gasteiger partial charge in [-0.2, -0.15) is 0 Å². The molecule has 2 atom stereocenters. The fourth-order valence-corrected chi connectivity index (χ4v) is 3.54. The number of amides is 1. The summed E-state index contributed by atoms with van der Waals surface area (Å²) in [5, 5.41) is 20.5. The third kappa shape index (κ3) is 5.10. The van der Waals surface area contributed by atoms with Crippen LogP contribution in [0.2, 0.25) is 0 Å². The molecule has 1 fully saturated rings. The number of ether oxygens (including phenoxy) is 1. The number of carbonyl (C=O) groups is 2. The largest absolute Gasteiger partial charge is 0.497 e. The van der Waals surface area contributed by atoms with Crippen molar-refractivity contribution in [2.45, 2.75) is 45.6 Å². The van der Waals surface area contributed by atoms with Crippen LogP contribution in [-0.4, -0.2) is 53.3 Å². The fraction of sp³-hybridized carbons (Fsp3) is 0.524. The number of piperidine rings is 1. The quantitative estimate of drug-likeness (QED) is 0.716. The van der Waals surface area contributed by atoms with Gasteiger partial charge in [0, 0.05) is 19.5 Å². The Labute approximate surface area is 160 Å². The highest BCUT2D eigenvalue weighted by molar-refractivity contribution is 5.80. The standard InChI is InChI=1S/C21H29NO5/c1-15(2)6-4-9-19(24)22-11-10-18(23)21(14-22,20(25)26)13-16-7-5-8-17(12-16)27-3/h5-8,12,18,23H,4,9-11,13-14H2,1-3H3,(H,25,26)/t18-,21-/m1/s1. The van der Waals surface area contributed by atoms with E-state index in [-0.39, 0.29) is 25.3 Å². The highest BCUT2D eigenvalue weighted by Gasteiger charge is 2.50. The minimum absolute atomic E-state index is 0.00830. The van der Waals surface area contributed by atoms with Crippen LogP contribution in [0.5, 0.6) is 5.75 Å². The first kappa shape index (κ1) is 21.0. The second kappa shape index (κ2) is 9.04. The molecule has 0 bridgehead atoms. The van der Waals surface area contributed by atoms with E-state index in [0.29, 0.717) is 25.1 Å². The van der Waals surface area contributed by atoms with Crippen LogP contribution in [0.4, 0.5) is 0 Å². The van der Waals surface area contributed by atoms with E-state index in [2.05, 4.69) is 0 Å². The summed E-state index contributed by atoms with van der Waals surface area (Å²) >= 11 is 0. The van der Waals surface area contributed by atoms with Crippen molar-refractivity contribution in [2.24, 2.45) is 5.41 Å². The first-order chi connectivity index (χ1) is 12.8. The zero-order valence-corrected chi connectivity index (χ0v) is 16.3. The molecule has 1 heterocycles. The van der Waals surface area contributed by atoms with Crippen molar-refractivity contribution in [3.8, 4) is 5.75 Å². The first-order valence-electron chi connectivity index (χ1n) is 9.24. The number of methoxy groups -OCH3 is 1. The third-order valence-corrected chi connectivity index (χ3v) is 5.13. The van der Waals surface area contributed by atoms with Gasteiger partial charge < -0.3 is 19.8 Å². The number of likely N-dealkylation sites (tertiary alicyclic amines) is 1. The van der Waals surface area contributed by atoms with Crippen LogP contribution >= 0.6 is 0 Å². The van der Waals surface area contributed by atoms with Crippen molar-refractivity contribution < 1.29 is 24.5 Å². The molecule has 1 aliphatic heterocycles. The number of hydrogen-bond donors (Lipinski definition) is 2. The van der Waals surface area contributed by atoms with Crippen LogP contribution in [0.25, 0.3) is 0 Å². The number of aliphatic hydroxyl groups is 1. The van der Waals surface area contributed by atoms with E-state index in [9.17, 15) is 19.8 Å². The molecule has 1 aromatic carbocycles. The van der Waals surface area contributed by atoms with Gasteiger partial charge >= 0.3 is 5.97 Å². The predicted molar refractivity (Wildman–Crippen MR) is 103 cm³/mol. The maximum atomic E-state index is 12.6. The summed E-state index contributed by atoms with van der Waals surface area (Å²) in [6, 6.07) is 7.16.